The van der Waals surface area contributed by atoms with Crippen molar-refractivity contribution in [1.29, 1.82) is 0 Å². The van der Waals surface area contributed by atoms with E-state index in [4.69, 9.17) is 18.9 Å². The molecular weight excluding hydrogens is 464 g/mol. The molecule has 0 aliphatic rings. The molecular formula is C28H28O6S. The highest BCUT2D eigenvalue weighted by molar-refractivity contribution is 7.99. The predicted molar refractivity (Wildman–Crippen MR) is 137 cm³/mol. The fourth-order valence-corrected chi connectivity index (χ4v) is 4.04. The lowest BCUT2D eigenvalue weighted by atomic mass is 10.1. The zero-order valence-electron chi connectivity index (χ0n) is 19.9. The molecule has 3 aromatic carbocycles. The van der Waals surface area contributed by atoms with Crippen LogP contribution in [0.25, 0.3) is 10.8 Å². The monoisotopic (exact) mass is 492 g/mol. The molecule has 6 nitrogen and oxygen atoms in total. The summed E-state index contributed by atoms with van der Waals surface area (Å²) in [5, 5.41) is 1.71. The van der Waals surface area contributed by atoms with E-state index in [1.54, 1.807) is 13.8 Å². The maximum absolute atomic E-state index is 11.7. The predicted octanol–water partition coefficient (Wildman–Crippen LogP) is 5.99. The van der Waals surface area contributed by atoms with Gasteiger partial charge in [0.1, 0.15) is 37.9 Å². The Kier molecular flexibility index (Phi) is 9.38. The lowest BCUT2D eigenvalue weighted by molar-refractivity contribution is -0.140. The summed E-state index contributed by atoms with van der Waals surface area (Å²) in [6, 6.07) is 19.6. The molecule has 3 aromatic rings. The Morgan fingerprint density at radius 1 is 0.743 bits per heavy atom. The molecule has 0 unspecified atom stereocenters. The van der Waals surface area contributed by atoms with Gasteiger partial charge in [-0.3, -0.25) is 0 Å². The van der Waals surface area contributed by atoms with E-state index >= 15 is 0 Å². The Morgan fingerprint density at radius 2 is 1.29 bits per heavy atom. The van der Waals surface area contributed by atoms with Gasteiger partial charge in [0.15, 0.2) is 0 Å². The van der Waals surface area contributed by atoms with Gasteiger partial charge in [-0.15, -0.1) is 0 Å². The molecule has 0 saturated carbocycles. The third-order valence-electron chi connectivity index (χ3n) is 4.73. The number of ether oxygens (including phenoxy) is 4. The molecule has 0 spiro atoms. The van der Waals surface area contributed by atoms with Crippen LogP contribution in [0.15, 0.2) is 94.8 Å². The molecule has 0 aliphatic carbocycles. The molecule has 0 heterocycles. The SMILES string of the molecule is C=C(C)C(=O)OCCOc1cc(Sc2ccccc2)c(OCCOC(=O)C(=C)C)c2ccccc12. The third-order valence-corrected chi connectivity index (χ3v) is 5.76. The average Bonchev–Trinajstić information content (AvgIpc) is 2.85. The largest absolute Gasteiger partial charge is 0.489 e. The number of carbonyl (C=O) groups excluding carboxylic acids is 2. The number of esters is 2. The van der Waals surface area contributed by atoms with Crippen molar-refractivity contribution < 1.29 is 28.5 Å². The third kappa shape index (κ3) is 7.39. The second-order valence-electron chi connectivity index (χ2n) is 7.69. The number of carbonyl (C=O) groups is 2. The Labute approximate surface area is 209 Å². The maximum Gasteiger partial charge on any atom is 0.333 e. The van der Waals surface area contributed by atoms with Crippen LogP contribution in [0.5, 0.6) is 11.5 Å². The van der Waals surface area contributed by atoms with Crippen molar-refractivity contribution in [1.82, 2.24) is 0 Å². The van der Waals surface area contributed by atoms with Crippen molar-refractivity contribution in [3.8, 4) is 11.5 Å². The van der Waals surface area contributed by atoms with Gasteiger partial charge in [0.05, 0.1) is 4.90 Å². The molecule has 0 N–H and O–H groups in total. The van der Waals surface area contributed by atoms with Crippen molar-refractivity contribution in [2.75, 3.05) is 26.4 Å². The second kappa shape index (κ2) is 12.7. The van der Waals surface area contributed by atoms with Gasteiger partial charge in [-0.05, 0) is 32.0 Å². The van der Waals surface area contributed by atoms with Gasteiger partial charge in [0.25, 0.3) is 0 Å². The van der Waals surface area contributed by atoms with Gasteiger partial charge < -0.3 is 18.9 Å². The normalized spacial score (nSPS) is 10.5. The molecule has 0 fully saturated rings. The highest BCUT2D eigenvalue weighted by atomic mass is 32.2. The molecule has 35 heavy (non-hydrogen) atoms. The number of rotatable bonds is 12. The van der Waals surface area contributed by atoms with Gasteiger partial charge in [-0.1, -0.05) is 67.4 Å². The van der Waals surface area contributed by atoms with Crippen LogP contribution in [0.2, 0.25) is 0 Å². The molecule has 0 aromatic heterocycles. The minimum absolute atomic E-state index is 0.0990. The summed E-state index contributed by atoms with van der Waals surface area (Å²) in [5.74, 6) is 0.414. The number of hydrogen-bond donors (Lipinski definition) is 0. The van der Waals surface area contributed by atoms with E-state index in [0.29, 0.717) is 22.6 Å². The molecule has 182 valence electrons. The molecule has 0 saturated heterocycles. The Morgan fingerprint density at radius 3 is 1.89 bits per heavy atom. The van der Waals surface area contributed by atoms with Crippen molar-refractivity contribution in [3.63, 3.8) is 0 Å². The van der Waals surface area contributed by atoms with Crippen LogP contribution in [0, 0.1) is 0 Å². The van der Waals surface area contributed by atoms with E-state index in [2.05, 4.69) is 13.2 Å². The van der Waals surface area contributed by atoms with Crippen molar-refractivity contribution >= 4 is 34.5 Å². The van der Waals surface area contributed by atoms with Crippen LogP contribution in [-0.2, 0) is 19.1 Å². The molecule has 7 heteroatoms. The first-order chi connectivity index (χ1) is 16.9. The first kappa shape index (κ1) is 25.9. The zero-order chi connectivity index (χ0) is 25.2. The zero-order valence-corrected chi connectivity index (χ0v) is 20.7. The van der Waals surface area contributed by atoms with Crippen LogP contribution in [0.1, 0.15) is 13.8 Å². The van der Waals surface area contributed by atoms with Crippen molar-refractivity contribution in [2.24, 2.45) is 0 Å². The number of fused-ring (bicyclic) bond motifs is 1. The summed E-state index contributed by atoms with van der Waals surface area (Å²) in [7, 11) is 0. The molecule has 0 amide bonds. The highest BCUT2D eigenvalue weighted by Crippen LogP contribution is 2.44. The van der Waals surface area contributed by atoms with Gasteiger partial charge in [0.2, 0.25) is 0 Å². The van der Waals surface area contributed by atoms with Gasteiger partial charge in [0, 0.05) is 26.8 Å². The lowest BCUT2D eigenvalue weighted by Gasteiger charge is -2.18. The Balaban J connectivity index is 1.86. The van der Waals surface area contributed by atoms with E-state index < -0.39 is 11.9 Å². The number of benzene rings is 3. The van der Waals surface area contributed by atoms with Crippen molar-refractivity contribution in [2.45, 2.75) is 23.6 Å². The Bertz CT molecular complexity index is 1220. The summed E-state index contributed by atoms with van der Waals surface area (Å²) in [6.07, 6.45) is 0. The second-order valence-corrected chi connectivity index (χ2v) is 8.81. The van der Waals surface area contributed by atoms with Gasteiger partial charge >= 0.3 is 11.9 Å². The molecule has 3 rings (SSSR count). The van der Waals surface area contributed by atoms with E-state index in [9.17, 15) is 9.59 Å². The van der Waals surface area contributed by atoms with E-state index in [0.717, 1.165) is 20.6 Å². The fourth-order valence-electron chi connectivity index (χ4n) is 3.06. The smallest absolute Gasteiger partial charge is 0.333 e. The summed E-state index contributed by atoms with van der Waals surface area (Å²) in [6.45, 7) is 10.9. The standard InChI is InChI=1S/C28H28O6S/c1-19(2)27(29)33-16-14-31-24-18-25(35-21-10-6-5-7-11-21)26(23-13-9-8-12-22(23)24)32-15-17-34-28(30)20(3)4/h5-13,18H,1,3,14-17H2,2,4H3. The van der Waals surface area contributed by atoms with Gasteiger partial charge in [-0.25, -0.2) is 9.59 Å². The first-order valence-corrected chi connectivity index (χ1v) is 11.9. The molecule has 0 atom stereocenters. The summed E-state index contributed by atoms with van der Waals surface area (Å²) in [4.78, 5) is 25.2. The summed E-state index contributed by atoms with van der Waals surface area (Å²) in [5.41, 5.74) is 0.679. The number of hydrogen-bond acceptors (Lipinski definition) is 7. The van der Waals surface area contributed by atoms with Crippen LogP contribution >= 0.6 is 11.8 Å². The van der Waals surface area contributed by atoms with Gasteiger partial charge in [-0.2, -0.15) is 0 Å². The molecule has 0 aliphatic heterocycles. The average molecular weight is 493 g/mol. The molecule has 0 radical (unpaired) electrons. The van der Waals surface area contributed by atoms with Crippen molar-refractivity contribution in [3.05, 3.63) is 85.0 Å². The lowest BCUT2D eigenvalue weighted by Crippen LogP contribution is -2.13. The van der Waals surface area contributed by atoms with Crippen LogP contribution < -0.4 is 9.47 Å². The quantitative estimate of drug-likeness (QED) is 0.175. The minimum atomic E-state index is -0.451. The van der Waals surface area contributed by atoms with E-state index in [1.165, 1.54) is 11.8 Å². The van der Waals surface area contributed by atoms with Crippen LogP contribution in [-0.4, -0.2) is 38.4 Å². The highest BCUT2D eigenvalue weighted by Gasteiger charge is 2.16. The topological polar surface area (TPSA) is 71.1 Å². The van der Waals surface area contributed by atoms with Crippen LogP contribution in [0.3, 0.4) is 0 Å². The fraction of sp³-hybridized carbons (Fsp3) is 0.214. The van der Waals surface area contributed by atoms with E-state index in [-0.39, 0.29) is 26.4 Å². The molecule has 0 bridgehead atoms. The summed E-state index contributed by atoms with van der Waals surface area (Å²) < 4.78 is 22.5. The Hall–Kier alpha value is -3.71. The summed E-state index contributed by atoms with van der Waals surface area (Å²) >= 11 is 1.54. The van der Waals surface area contributed by atoms with Crippen LogP contribution in [0.4, 0.5) is 0 Å². The maximum atomic E-state index is 11.7. The first-order valence-electron chi connectivity index (χ1n) is 11.1. The minimum Gasteiger partial charge on any atom is -0.489 e. The van der Waals surface area contributed by atoms with E-state index in [1.807, 2.05) is 60.7 Å².